The normalized spacial score (nSPS) is 13.6. The Labute approximate surface area is 124 Å². The maximum absolute atomic E-state index is 5.73. The van der Waals surface area contributed by atoms with Gasteiger partial charge in [-0.1, -0.05) is 0 Å². The summed E-state index contributed by atoms with van der Waals surface area (Å²) in [6, 6.07) is 7.91. The van der Waals surface area contributed by atoms with E-state index in [-0.39, 0.29) is 0 Å². The van der Waals surface area contributed by atoms with Crippen LogP contribution in [0.15, 0.2) is 24.3 Å². The molecule has 0 aliphatic carbocycles. The smallest absolute Gasteiger partial charge is 0.223 e. The summed E-state index contributed by atoms with van der Waals surface area (Å²) < 4.78 is 11.4. The predicted octanol–water partition coefficient (Wildman–Crippen LogP) is 3.05. The summed E-state index contributed by atoms with van der Waals surface area (Å²) in [5, 5.41) is 3.15. The highest BCUT2D eigenvalue weighted by Gasteiger charge is 2.12. The van der Waals surface area contributed by atoms with Crippen LogP contribution in [-0.2, 0) is 0 Å². The minimum absolute atomic E-state index is 0.652. The molecule has 5 nitrogen and oxygen atoms in total. The molecule has 0 unspecified atom stereocenters. The summed E-state index contributed by atoms with van der Waals surface area (Å²) in [6.07, 6.45) is 0.904. The Bertz CT molecular complexity index is 643. The molecule has 21 heavy (non-hydrogen) atoms. The summed E-state index contributed by atoms with van der Waals surface area (Å²) in [5.41, 5.74) is 2.82. The molecule has 3 rings (SSSR count). The number of hydrogen-bond donors (Lipinski definition) is 1. The minimum Gasteiger partial charge on any atom is -0.490 e. The van der Waals surface area contributed by atoms with Crippen LogP contribution in [0.2, 0.25) is 0 Å². The number of ether oxygens (including phenoxy) is 2. The molecule has 1 aromatic carbocycles. The van der Waals surface area contributed by atoms with E-state index in [0.29, 0.717) is 19.2 Å². The first-order valence-electron chi connectivity index (χ1n) is 7.26. The number of anilines is 1. The lowest BCUT2D eigenvalue weighted by atomic mass is 10.1. The third-order valence-corrected chi connectivity index (χ3v) is 3.23. The molecule has 0 spiro atoms. The average Bonchev–Trinajstić information content (AvgIpc) is 2.71. The van der Waals surface area contributed by atoms with Crippen LogP contribution in [0.25, 0.3) is 11.3 Å². The molecule has 1 aliphatic rings. The van der Waals surface area contributed by atoms with Crippen LogP contribution in [0, 0.1) is 6.92 Å². The van der Waals surface area contributed by atoms with Crippen LogP contribution < -0.4 is 14.8 Å². The highest BCUT2D eigenvalue weighted by Crippen LogP contribution is 2.33. The molecular formula is C16H19N3O2. The van der Waals surface area contributed by atoms with Gasteiger partial charge in [-0.25, -0.2) is 9.97 Å². The van der Waals surface area contributed by atoms with Crippen LogP contribution in [0.4, 0.5) is 5.95 Å². The second-order valence-electron chi connectivity index (χ2n) is 4.96. The van der Waals surface area contributed by atoms with Crippen molar-refractivity contribution in [2.24, 2.45) is 0 Å². The van der Waals surface area contributed by atoms with Gasteiger partial charge in [-0.2, -0.15) is 0 Å². The standard InChI is InChI=1S/C16H19N3O2/c1-3-17-16-18-11(2)9-13(19-16)12-5-6-14-15(10-12)21-8-4-7-20-14/h5-6,9-10H,3-4,7-8H2,1-2H3,(H,17,18,19). The van der Waals surface area contributed by atoms with Gasteiger partial charge in [0.2, 0.25) is 5.95 Å². The number of nitrogens with zero attached hydrogens (tertiary/aromatic N) is 2. The number of fused-ring (bicyclic) bond motifs is 1. The van der Waals surface area contributed by atoms with Gasteiger partial charge in [0.05, 0.1) is 18.9 Å². The van der Waals surface area contributed by atoms with E-state index >= 15 is 0 Å². The second-order valence-corrected chi connectivity index (χ2v) is 4.96. The predicted molar refractivity (Wildman–Crippen MR) is 82.0 cm³/mol. The van der Waals surface area contributed by atoms with Gasteiger partial charge in [-0.05, 0) is 38.1 Å². The molecule has 5 heteroatoms. The summed E-state index contributed by atoms with van der Waals surface area (Å²) in [5.74, 6) is 2.24. The molecule has 1 N–H and O–H groups in total. The Hall–Kier alpha value is -2.30. The molecule has 2 aromatic rings. The lowest BCUT2D eigenvalue weighted by Gasteiger charge is -2.10. The van der Waals surface area contributed by atoms with Crippen molar-refractivity contribution in [1.82, 2.24) is 9.97 Å². The first-order valence-corrected chi connectivity index (χ1v) is 7.26. The van der Waals surface area contributed by atoms with Gasteiger partial charge in [0.25, 0.3) is 0 Å². The van der Waals surface area contributed by atoms with Crippen molar-refractivity contribution in [2.75, 3.05) is 25.1 Å². The largest absolute Gasteiger partial charge is 0.490 e. The molecule has 0 bridgehead atoms. The van der Waals surface area contributed by atoms with Crippen molar-refractivity contribution in [3.05, 3.63) is 30.0 Å². The zero-order valence-corrected chi connectivity index (χ0v) is 12.3. The Balaban J connectivity index is 1.98. The molecule has 0 saturated heterocycles. The van der Waals surface area contributed by atoms with E-state index in [1.807, 2.05) is 38.1 Å². The zero-order chi connectivity index (χ0) is 14.7. The van der Waals surface area contributed by atoms with Gasteiger partial charge in [0.15, 0.2) is 11.5 Å². The molecule has 0 amide bonds. The Morgan fingerprint density at radius 2 is 1.90 bits per heavy atom. The molecule has 0 radical (unpaired) electrons. The summed E-state index contributed by atoms with van der Waals surface area (Å²) in [7, 11) is 0. The summed E-state index contributed by atoms with van der Waals surface area (Å²) in [4.78, 5) is 8.92. The third kappa shape index (κ3) is 3.07. The van der Waals surface area contributed by atoms with E-state index in [1.165, 1.54) is 0 Å². The fraction of sp³-hybridized carbons (Fsp3) is 0.375. The quantitative estimate of drug-likeness (QED) is 0.939. The SMILES string of the molecule is CCNc1nc(C)cc(-c2ccc3c(c2)OCCCO3)n1. The van der Waals surface area contributed by atoms with Crippen molar-refractivity contribution in [2.45, 2.75) is 20.3 Å². The number of benzene rings is 1. The van der Waals surface area contributed by atoms with Crippen molar-refractivity contribution < 1.29 is 9.47 Å². The van der Waals surface area contributed by atoms with Gasteiger partial charge in [-0.3, -0.25) is 0 Å². The second kappa shape index (κ2) is 5.99. The van der Waals surface area contributed by atoms with E-state index in [4.69, 9.17) is 9.47 Å². The van der Waals surface area contributed by atoms with Gasteiger partial charge < -0.3 is 14.8 Å². The molecule has 0 fully saturated rings. The molecular weight excluding hydrogens is 266 g/mol. The first-order chi connectivity index (χ1) is 10.3. The van der Waals surface area contributed by atoms with Crippen LogP contribution in [0.5, 0.6) is 11.5 Å². The van der Waals surface area contributed by atoms with E-state index in [2.05, 4.69) is 15.3 Å². The van der Waals surface area contributed by atoms with Gasteiger partial charge >= 0.3 is 0 Å². The van der Waals surface area contributed by atoms with Gasteiger partial charge in [0.1, 0.15) is 0 Å². The lowest BCUT2D eigenvalue weighted by Crippen LogP contribution is -2.04. The van der Waals surface area contributed by atoms with Crippen LogP contribution in [0.1, 0.15) is 19.0 Å². The fourth-order valence-corrected chi connectivity index (χ4v) is 2.28. The average molecular weight is 285 g/mol. The van der Waals surface area contributed by atoms with Crippen molar-refractivity contribution >= 4 is 5.95 Å². The van der Waals surface area contributed by atoms with Crippen molar-refractivity contribution in [3.63, 3.8) is 0 Å². The number of hydrogen-bond acceptors (Lipinski definition) is 5. The Morgan fingerprint density at radius 1 is 1.10 bits per heavy atom. The lowest BCUT2D eigenvalue weighted by molar-refractivity contribution is 0.297. The molecule has 0 saturated carbocycles. The van der Waals surface area contributed by atoms with Crippen molar-refractivity contribution in [3.8, 4) is 22.8 Å². The highest BCUT2D eigenvalue weighted by atomic mass is 16.5. The fourth-order valence-electron chi connectivity index (χ4n) is 2.28. The minimum atomic E-state index is 0.652. The highest BCUT2D eigenvalue weighted by molar-refractivity contribution is 5.65. The van der Waals surface area contributed by atoms with E-state index < -0.39 is 0 Å². The molecule has 1 aromatic heterocycles. The van der Waals surface area contributed by atoms with E-state index in [1.54, 1.807) is 0 Å². The summed E-state index contributed by atoms with van der Waals surface area (Å²) in [6.45, 7) is 6.17. The molecule has 1 aliphatic heterocycles. The number of aryl methyl sites for hydroxylation is 1. The van der Waals surface area contributed by atoms with E-state index in [9.17, 15) is 0 Å². The third-order valence-electron chi connectivity index (χ3n) is 3.23. The van der Waals surface area contributed by atoms with E-state index in [0.717, 1.165) is 41.4 Å². The maximum Gasteiger partial charge on any atom is 0.223 e. The number of rotatable bonds is 3. The monoisotopic (exact) mass is 285 g/mol. The number of nitrogens with one attached hydrogen (secondary N) is 1. The topological polar surface area (TPSA) is 56.3 Å². The number of aromatic nitrogens is 2. The molecule has 110 valence electrons. The van der Waals surface area contributed by atoms with Gasteiger partial charge in [0, 0.05) is 24.2 Å². The van der Waals surface area contributed by atoms with Crippen molar-refractivity contribution in [1.29, 1.82) is 0 Å². The Kier molecular flexibility index (Phi) is 3.90. The molecule has 0 atom stereocenters. The molecule has 2 heterocycles. The Morgan fingerprint density at radius 3 is 2.71 bits per heavy atom. The first kappa shape index (κ1) is 13.7. The van der Waals surface area contributed by atoms with Crippen LogP contribution in [-0.4, -0.2) is 29.7 Å². The van der Waals surface area contributed by atoms with Crippen LogP contribution in [0.3, 0.4) is 0 Å². The maximum atomic E-state index is 5.73. The zero-order valence-electron chi connectivity index (χ0n) is 12.3. The van der Waals surface area contributed by atoms with Crippen LogP contribution >= 0.6 is 0 Å². The van der Waals surface area contributed by atoms with Gasteiger partial charge in [-0.15, -0.1) is 0 Å². The summed E-state index contributed by atoms with van der Waals surface area (Å²) >= 11 is 0.